The highest BCUT2D eigenvalue weighted by atomic mass is 19.1. The Labute approximate surface area is 169 Å². The van der Waals surface area contributed by atoms with Crippen LogP contribution in [0.15, 0.2) is 48.6 Å². The monoisotopic (exact) mass is 386 g/mol. The maximum Gasteiger partial charge on any atom is 0.305 e. The average molecular weight is 387 g/mol. The molecule has 0 heterocycles. The molecule has 1 saturated carbocycles. The van der Waals surface area contributed by atoms with Crippen molar-refractivity contribution >= 4 is 5.97 Å². The summed E-state index contributed by atoms with van der Waals surface area (Å²) in [7, 11) is 1.44. The molecule has 0 bridgehead atoms. The molecule has 2 rings (SSSR count). The van der Waals surface area contributed by atoms with Gasteiger partial charge in [0.05, 0.1) is 7.11 Å². The maximum atomic E-state index is 13.7. The van der Waals surface area contributed by atoms with Crippen LogP contribution in [0.2, 0.25) is 0 Å². The Balaban J connectivity index is 1.70. The van der Waals surface area contributed by atoms with Gasteiger partial charge in [-0.25, -0.2) is 4.39 Å². The summed E-state index contributed by atoms with van der Waals surface area (Å²) in [6.45, 7) is 2.22. The number of allylic oxidation sites excluding steroid dienone is 4. The third kappa shape index (κ3) is 8.00. The van der Waals surface area contributed by atoms with Crippen molar-refractivity contribution in [1.82, 2.24) is 0 Å². The summed E-state index contributed by atoms with van der Waals surface area (Å²) in [6.07, 6.45) is 18.3. The maximum absolute atomic E-state index is 13.7. The van der Waals surface area contributed by atoms with Crippen LogP contribution in [-0.2, 0) is 16.0 Å². The number of hydrogen-bond donors (Lipinski definition) is 0. The highest BCUT2D eigenvalue weighted by Gasteiger charge is 2.23. The predicted molar refractivity (Wildman–Crippen MR) is 113 cm³/mol. The van der Waals surface area contributed by atoms with Crippen LogP contribution in [0.1, 0.15) is 63.9 Å². The molecule has 1 aromatic rings. The molecule has 0 saturated heterocycles. The van der Waals surface area contributed by atoms with Crippen molar-refractivity contribution in [3.63, 3.8) is 0 Å². The third-order valence-electron chi connectivity index (χ3n) is 5.82. The second-order valence-corrected chi connectivity index (χ2v) is 8.02. The molecule has 3 atom stereocenters. The summed E-state index contributed by atoms with van der Waals surface area (Å²) in [5.74, 6) is 1.64. The molecule has 1 aliphatic carbocycles. The van der Waals surface area contributed by atoms with Crippen LogP contribution in [0.3, 0.4) is 0 Å². The second-order valence-electron chi connectivity index (χ2n) is 8.02. The van der Waals surface area contributed by atoms with E-state index in [0.717, 1.165) is 43.6 Å². The van der Waals surface area contributed by atoms with Gasteiger partial charge in [0, 0.05) is 6.42 Å². The molecule has 0 amide bonds. The van der Waals surface area contributed by atoms with E-state index in [1.807, 2.05) is 12.1 Å². The van der Waals surface area contributed by atoms with E-state index in [4.69, 9.17) is 0 Å². The molecular formula is C25H35FO2. The van der Waals surface area contributed by atoms with E-state index in [1.165, 1.54) is 26.4 Å². The van der Waals surface area contributed by atoms with Gasteiger partial charge in [0.2, 0.25) is 0 Å². The van der Waals surface area contributed by atoms with Crippen molar-refractivity contribution in [3.8, 4) is 0 Å². The molecule has 0 spiro atoms. The van der Waals surface area contributed by atoms with Gasteiger partial charge in [-0.05, 0) is 74.3 Å². The largest absolute Gasteiger partial charge is 0.469 e. The SMILES string of the molecule is COC(=O)CCC/C=C\C[C@H]1CCC[C@@H]1/C=C/C(C)CCc1ccccc1F. The number of hydrogen-bond acceptors (Lipinski definition) is 2. The van der Waals surface area contributed by atoms with E-state index >= 15 is 0 Å². The van der Waals surface area contributed by atoms with Crippen molar-refractivity contribution in [1.29, 1.82) is 0 Å². The van der Waals surface area contributed by atoms with Crippen molar-refractivity contribution in [2.75, 3.05) is 7.11 Å². The minimum Gasteiger partial charge on any atom is -0.469 e. The summed E-state index contributed by atoms with van der Waals surface area (Å²) in [5, 5.41) is 0. The summed E-state index contributed by atoms with van der Waals surface area (Å²) in [6, 6.07) is 7.08. The first-order chi connectivity index (χ1) is 13.6. The highest BCUT2D eigenvalue weighted by Crippen LogP contribution is 2.35. The lowest BCUT2D eigenvalue weighted by atomic mass is 9.90. The zero-order valence-corrected chi connectivity index (χ0v) is 17.4. The zero-order chi connectivity index (χ0) is 20.2. The molecule has 1 unspecified atom stereocenters. The Kier molecular flexibility index (Phi) is 10.0. The molecule has 0 N–H and O–H groups in total. The number of esters is 1. The lowest BCUT2D eigenvalue weighted by Gasteiger charge is -2.15. The van der Waals surface area contributed by atoms with Gasteiger partial charge in [0.1, 0.15) is 5.82 Å². The van der Waals surface area contributed by atoms with Gasteiger partial charge in [0.15, 0.2) is 0 Å². The molecule has 1 fully saturated rings. The van der Waals surface area contributed by atoms with Gasteiger partial charge in [-0.2, -0.15) is 0 Å². The molecule has 2 nitrogen and oxygen atoms in total. The number of rotatable bonds is 11. The number of carbonyl (C=O) groups is 1. The number of unbranched alkanes of at least 4 members (excludes halogenated alkanes) is 1. The van der Waals surface area contributed by atoms with E-state index in [-0.39, 0.29) is 11.8 Å². The number of benzene rings is 1. The Morgan fingerprint density at radius 3 is 2.89 bits per heavy atom. The van der Waals surface area contributed by atoms with Gasteiger partial charge >= 0.3 is 5.97 Å². The quantitative estimate of drug-likeness (QED) is 0.241. The fourth-order valence-corrected chi connectivity index (χ4v) is 3.98. The van der Waals surface area contributed by atoms with E-state index in [0.29, 0.717) is 18.3 Å². The van der Waals surface area contributed by atoms with Gasteiger partial charge in [0.25, 0.3) is 0 Å². The van der Waals surface area contributed by atoms with Gasteiger partial charge in [-0.1, -0.05) is 55.8 Å². The molecule has 154 valence electrons. The normalized spacial score (nSPS) is 20.8. The van der Waals surface area contributed by atoms with Crippen molar-refractivity contribution in [2.45, 2.75) is 64.7 Å². The van der Waals surface area contributed by atoms with Crippen LogP contribution < -0.4 is 0 Å². The first-order valence-corrected chi connectivity index (χ1v) is 10.7. The third-order valence-corrected chi connectivity index (χ3v) is 5.82. The standard InChI is InChI=1S/C25H35FO2/c1-20(17-19-23-11-7-8-14-24(23)26)16-18-22-13-9-12-21(22)10-5-3-4-6-15-25(27)28-2/h3,5,7-8,11,14,16,18,20-22H,4,6,9-10,12-13,15,17,19H2,1-2H3/b5-3-,18-16+/t20?,21-,22+/m0/s1. The lowest BCUT2D eigenvalue weighted by molar-refractivity contribution is -0.140. The van der Waals surface area contributed by atoms with Crippen molar-refractivity contribution in [3.05, 3.63) is 60.0 Å². The van der Waals surface area contributed by atoms with Crippen LogP contribution in [0, 0.1) is 23.6 Å². The number of halogens is 1. The molecule has 3 heteroatoms. The van der Waals surface area contributed by atoms with Crippen LogP contribution in [0.4, 0.5) is 4.39 Å². The first-order valence-electron chi connectivity index (χ1n) is 10.7. The Morgan fingerprint density at radius 1 is 1.29 bits per heavy atom. The zero-order valence-electron chi connectivity index (χ0n) is 17.4. The summed E-state index contributed by atoms with van der Waals surface area (Å²) in [4.78, 5) is 11.1. The first kappa shape index (κ1) is 22.4. The average Bonchev–Trinajstić information content (AvgIpc) is 3.15. The lowest BCUT2D eigenvalue weighted by Crippen LogP contribution is -2.05. The molecular weight excluding hydrogens is 351 g/mol. The van der Waals surface area contributed by atoms with Crippen LogP contribution in [-0.4, -0.2) is 13.1 Å². The molecule has 0 aromatic heterocycles. The van der Waals surface area contributed by atoms with E-state index < -0.39 is 0 Å². The Bertz CT molecular complexity index is 650. The fourth-order valence-electron chi connectivity index (χ4n) is 3.98. The summed E-state index contributed by atoms with van der Waals surface area (Å²) >= 11 is 0. The van der Waals surface area contributed by atoms with E-state index in [1.54, 1.807) is 12.1 Å². The van der Waals surface area contributed by atoms with Gasteiger partial charge < -0.3 is 4.74 Å². The predicted octanol–water partition coefficient (Wildman–Crippen LogP) is 6.66. The van der Waals surface area contributed by atoms with Gasteiger partial charge in [-0.15, -0.1) is 0 Å². The second kappa shape index (κ2) is 12.5. The van der Waals surface area contributed by atoms with Crippen LogP contribution in [0.25, 0.3) is 0 Å². The Morgan fingerprint density at radius 2 is 2.11 bits per heavy atom. The molecule has 1 aromatic carbocycles. The summed E-state index contributed by atoms with van der Waals surface area (Å²) < 4.78 is 18.4. The molecule has 0 radical (unpaired) electrons. The smallest absolute Gasteiger partial charge is 0.305 e. The number of ether oxygens (including phenoxy) is 1. The summed E-state index contributed by atoms with van der Waals surface area (Å²) in [5.41, 5.74) is 0.818. The minimum atomic E-state index is -0.126. The van der Waals surface area contributed by atoms with Gasteiger partial charge in [-0.3, -0.25) is 4.79 Å². The molecule has 1 aliphatic rings. The number of methoxy groups -OCH3 is 1. The number of carbonyl (C=O) groups excluding carboxylic acids is 1. The highest BCUT2D eigenvalue weighted by molar-refractivity contribution is 5.69. The number of aryl methyl sites for hydroxylation is 1. The van der Waals surface area contributed by atoms with Crippen molar-refractivity contribution in [2.24, 2.45) is 17.8 Å². The topological polar surface area (TPSA) is 26.3 Å². The van der Waals surface area contributed by atoms with Crippen molar-refractivity contribution < 1.29 is 13.9 Å². The van der Waals surface area contributed by atoms with Crippen LogP contribution in [0.5, 0.6) is 0 Å². The minimum absolute atomic E-state index is 0.0899. The molecule has 0 aliphatic heterocycles. The fraction of sp³-hybridized carbons (Fsp3) is 0.560. The molecule has 28 heavy (non-hydrogen) atoms. The van der Waals surface area contributed by atoms with Crippen LogP contribution >= 0.6 is 0 Å². The van der Waals surface area contributed by atoms with E-state index in [2.05, 4.69) is 36.0 Å². The van der Waals surface area contributed by atoms with E-state index in [9.17, 15) is 9.18 Å². The Hall–Kier alpha value is -1.90.